The van der Waals surface area contributed by atoms with Crippen LogP contribution in [0.15, 0.2) is 28.1 Å². The molecule has 1 heterocycles. The SMILES string of the molecule is Cc1ccc(N)c(NC(=O)c2cc(C)c(Br)s2)c1. The fourth-order valence-electron chi connectivity index (χ4n) is 1.53. The first-order chi connectivity index (χ1) is 8.47. The number of nitrogens with two attached hydrogens (primary N) is 1. The summed E-state index contributed by atoms with van der Waals surface area (Å²) in [5.41, 5.74) is 9.17. The summed E-state index contributed by atoms with van der Waals surface area (Å²) in [6.45, 7) is 3.92. The van der Waals surface area contributed by atoms with Crippen LogP contribution in [-0.2, 0) is 0 Å². The number of halogens is 1. The minimum atomic E-state index is -0.133. The third-order valence-corrected chi connectivity index (χ3v) is 4.67. The topological polar surface area (TPSA) is 55.1 Å². The largest absolute Gasteiger partial charge is 0.397 e. The van der Waals surface area contributed by atoms with Gasteiger partial charge in [0, 0.05) is 0 Å². The first kappa shape index (κ1) is 13.1. The highest BCUT2D eigenvalue weighted by atomic mass is 79.9. The third kappa shape index (κ3) is 2.73. The first-order valence-electron chi connectivity index (χ1n) is 5.41. The summed E-state index contributed by atoms with van der Waals surface area (Å²) < 4.78 is 0.977. The molecule has 0 radical (unpaired) electrons. The van der Waals surface area contributed by atoms with Crippen molar-refractivity contribution in [3.63, 3.8) is 0 Å². The number of hydrogen-bond donors (Lipinski definition) is 2. The predicted molar refractivity (Wildman–Crippen MR) is 80.3 cm³/mol. The van der Waals surface area contributed by atoms with E-state index in [4.69, 9.17) is 5.73 Å². The number of aryl methyl sites for hydroxylation is 2. The van der Waals surface area contributed by atoms with Gasteiger partial charge in [0.05, 0.1) is 20.0 Å². The van der Waals surface area contributed by atoms with Crippen molar-refractivity contribution in [1.29, 1.82) is 0 Å². The fourth-order valence-corrected chi connectivity index (χ4v) is 2.96. The smallest absolute Gasteiger partial charge is 0.265 e. The van der Waals surface area contributed by atoms with E-state index in [2.05, 4.69) is 21.2 Å². The number of carbonyl (C=O) groups excluding carboxylic acids is 1. The number of carbonyl (C=O) groups is 1. The number of amides is 1. The lowest BCUT2D eigenvalue weighted by molar-refractivity contribution is 0.103. The highest BCUT2D eigenvalue weighted by Gasteiger charge is 2.12. The zero-order valence-electron chi connectivity index (χ0n) is 10.1. The molecule has 18 heavy (non-hydrogen) atoms. The molecule has 0 aliphatic rings. The van der Waals surface area contributed by atoms with Crippen LogP contribution in [0.2, 0.25) is 0 Å². The van der Waals surface area contributed by atoms with Gasteiger partial charge >= 0.3 is 0 Å². The van der Waals surface area contributed by atoms with Gasteiger partial charge in [-0.05, 0) is 59.1 Å². The fraction of sp³-hybridized carbons (Fsp3) is 0.154. The molecule has 2 rings (SSSR count). The van der Waals surface area contributed by atoms with E-state index >= 15 is 0 Å². The summed E-state index contributed by atoms with van der Waals surface area (Å²) >= 11 is 4.83. The molecule has 0 spiro atoms. The number of thiophene rings is 1. The molecule has 0 aliphatic heterocycles. The van der Waals surface area contributed by atoms with Gasteiger partial charge in [0.25, 0.3) is 5.91 Å². The Labute approximate surface area is 118 Å². The molecule has 0 saturated heterocycles. The monoisotopic (exact) mass is 324 g/mol. The molecule has 94 valence electrons. The molecule has 3 nitrogen and oxygen atoms in total. The Morgan fingerprint density at radius 1 is 1.33 bits per heavy atom. The highest BCUT2D eigenvalue weighted by Crippen LogP contribution is 2.28. The molecule has 0 saturated carbocycles. The maximum absolute atomic E-state index is 12.1. The normalized spacial score (nSPS) is 10.4. The second-order valence-electron chi connectivity index (χ2n) is 4.11. The summed E-state index contributed by atoms with van der Waals surface area (Å²) in [4.78, 5) is 12.7. The van der Waals surface area contributed by atoms with E-state index in [-0.39, 0.29) is 5.91 Å². The van der Waals surface area contributed by atoms with E-state index in [1.807, 2.05) is 32.0 Å². The second-order valence-corrected chi connectivity index (χ2v) is 6.48. The first-order valence-corrected chi connectivity index (χ1v) is 7.01. The zero-order valence-corrected chi connectivity index (χ0v) is 12.5. The van der Waals surface area contributed by atoms with Crippen LogP contribution in [0.25, 0.3) is 0 Å². The molecule has 2 aromatic rings. The number of anilines is 2. The molecule has 1 aromatic heterocycles. The van der Waals surface area contributed by atoms with Gasteiger partial charge in [-0.3, -0.25) is 4.79 Å². The van der Waals surface area contributed by atoms with Gasteiger partial charge < -0.3 is 11.1 Å². The van der Waals surface area contributed by atoms with E-state index in [0.29, 0.717) is 16.3 Å². The Hall–Kier alpha value is -1.33. The Balaban J connectivity index is 2.23. The van der Waals surface area contributed by atoms with Gasteiger partial charge in [-0.1, -0.05) is 6.07 Å². The average Bonchev–Trinajstić information content (AvgIpc) is 2.64. The molecule has 3 N–H and O–H groups in total. The van der Waals surface area contributed by atoms with Gasteiger partial charge in [-0.2, -0.15) is 0 Å². The molecule has 0 fully saturated rings. The van der Waals surface area contributed by atoms with Gasteiger partial charge in [0.2, 0.25) is 0 Å². The summed E-state index contributed by atoms with van der Waals surface area (Å²) in [6.07, 6.45) is 0. The Morgan fingerprint density at radius 3 is 2.67 bits per heavy atom. The predicted octanol–water partition coefficient (Wildman–Crippen LogP) is 3.96. The van der Waals surface area contributed by atoms with Crippen LogP contribution in [0.4, 0.5) is 11.4 Å². The van der Waals surface area contributed by atoms with Gasteiger partial charge in [0.15, 0.2) is 0 Å². The van der Waals surface area contributed by atoms with Crippen molar-refractivity contribution in [1.82, 2.24) is 0 Å². The second kappa shape index (κ2) is 5.12. The van der Waals surface area contributed by atoms with Crippen molar-refractivity contribution < 1.29 is 4.79 Å². The van der Waals surface area contributed by atoms with Crippen molar-refractivity contribution in [2.75, 3.05) is 11.1 Å². The summed E-state index contributed by atoms with van der Waals surface area (Å²) in [7, 11) is 0. The van der Waals surface area contributed by atoms with Crippen LogP contribution >= 0.6 is 27.3 Å². The third-order valence-electron chi connectivity index (χ3n) is 2.54. The minimum Gasteiger partial charge on any atom is -0.397 e. The van der Waals surface area contributed by atoms with Crippen LogP contribution < -0.4 is 11.1 Å². The maximum atomic E-state index is 12.1. The Morgan fingerprint density at radius 2 is 2.06 bits per heavy atom. The van der Waals surface area contributed by atoms with Crippen molar-refractivity contribution in [2.45, 2.75) is 13.8 Å². The Kier molecular flexibility index (Phi) is 3.73. The molecule has 1 aromatic carbocycles. The van der Waals surface area contributed by atoms with Crippen LogP contribution in [0.3, 0.4) is 0 Å². The van der Waals surface area contributed by atoms with Crippen LogP contribution in [-0.4, -0.2) is 5.91 Å². The van der Waals surface area contributed by atoms with E-state index in [1.165, 1.54) is 11.3 Å². The lowest BCUT2D eigenvalue weighted by Gasteiger charge is -2.07. The van der Waals surface area contributed by atoms with E-state index in [9.17, 15) is 4.79 Å². The van der Waals surface area contributed by atoms with E-state index in [1.54, 1.807) is 6.07 Å². The van der Waals surface area contributed by atoms with Crippen LogP contribution in [0.1, 0.15) is 20.8 Å². The quantitative estimate of drug-likeness (QED) is 0.821. The molecule has 0 bridgehead atoms. The van der Waals surface area contributed by atoms with Crippen LogP contribution in [0.5, 0.6) is 0 Å². The lowest BCUT2D eigenvalue weighted by atomic mass is 10.2. The molecule has 0 aliphatic carbocycles. The molecular formula is C13H13BrN2OS. The molecular weight excluding hydrogens is 312 g/mol. The standard InChI is InChI=1S/C13H13BrN2OS/c1-7-3-4-9(15)10(5-7)16-13(17)11-6-8(2)12(14)18-11/h3-6H,15H2,1-2H3,(H,16,17). The van der Waals surface area contributed by atoms with E-state index in [0.717, 1.165) is 14.9 Å². The molecule has 5 heteroatoms. The number of rotatable bonds is 2. The van der Waals surface area contributed by atoms with E-state index < -0.39 is 0 Å². The maximum Gasteiger partial charge on any atom is 0.265 e. The minimum absolute atomic E-state index is 0.133. The number of nitrogens with one attached hydrogen (secondary N) is 1. The van der Waals surface area contributed by atoms with Crippen molar-refractivity contribution >= 4 is 44.5 Å². The molecule has 0 atom stereocenters. The highest BCUT2D eigenvalue weighted by molar-refractivity contribution is 9.11. The zero-order chi connectivity index (χ0) is 13.3. The number of hydrogen-bond acceptors (Lipinski definition) is 3. The lowest BCUT2D eigenvalue weighted by Crippen LogP contribution is -2.11. The molecule has 0 unspecified atom stereocenters. The average molecular weight is 325 g/mol. The molecule has 1 amide bonds. The van der Waals surface area contributed by atoms with Crippen molar-refractivity contribution in [2.24, 2.45) is 0 Å². The Bertz CT molecular complexity index is 588. The number of nitrogen functional groups attached to an aromatic ring is 1. The van der Waals surface area contributed by atoms with Crippen molar-refractivity contribution in [3.05, 3.63) is 44.1 Å². The van der Waals surface area contributed by atoms with Gasteiger partial charge in [-0.25, -0.2) is 0 Å². The summed E-state index contributed by atoms with van der Waals surface area (Å²) in [5.74, 6) is -0.133. The van der Waals surface area contributed by atoms with Gasteiger partial charge in [-0.15, -0.1) is 11.3 Å². The van der Waals surface area contributed by atoms with Gasteiger partial charge in [0.1, 0.15) is 0 Å². The van der Waals surface area contributed by atoms with Crippen molar-refractivity contribution in [3.8, 4) is 0 Å². The van der Waals surface area contributed by atoms with Crippen LogP contribution in [0, 0.1) is 13.8 Å². The summed E-state index contributed by atoms with van der Waals surface area (Å²) in [5, 5.41) is 2.83. The summed E-state index contributed by atoms with van der Waals surface area (Å²) in [6, 6.07) is 7.43. The number of benzene rings is 1.